The summed E-state index contributed by atoms with van der Waals surface area (Å²) in [5, 5.41) is 0. The summed E-state index contributed by atoms with van der Waals surface area (Å²) in [6.07, 6.45) is 0.890. The van der Waals surface area contributed by atoms with E-state index in [1.54, 1.807) is 6.07 Å². The van der Waals surface area contributed by atoms with Gasteiger partial charge in [0.05, 0.1) is 5.69 Å². The van der Waals surface area contributed by atoms with Crippen LogP contribution in [0.15, 0.2) is 18.2 Å². The van der Waals surface area contributed by atoms with Crippen molar-refractivity contribution in [3.8, 4) is 0 Å². The molecule has 0 aliphatic carbocycles. The Kier molecular flexibility index (Phi) is 4.00. The lowest BCUT2D eigenvalue weighted by atomic mass is 10.1. The average molecular weight is 236 g/mol. The Morgan fingerprint density at radius 2 is 1.82 bits per heavy atom. The van der Waals surface area contributed by atoms with Gasteiger partial charge in [-0.1, -0.05) is 19.9 Å². The molecule has 0 radical (unpaired) electrons. The Morgan fingerprint density at radius 3 is 2.35 bits per heavy atom. The van der Waals surface area contributed by atoms with E-state index >= 15 is 0 Å². The highest BCUT2D eigenvalue weighted by molar-refractivity contribution is 5.49. The van der Waals surface area contributed by atoms with Gasteiger partial charge in [-0.05, 0) is 30.7 Å². The van der Waals surface area contributed by atoms with E-state index in [1.807, 2.05) is 12.1 Å². The van der Waals surface area contributed by atoms with E-state index in [4.69, 9.17) is 0 Å². The van der Waals surface area contributed by atoms with E-state index in [0.717, 1.165) is 50.4 Å². The van der Waals surface area contributed by atoms with Crippen LogP contribution in [0.4, 0.5) is 10.1 Å². The number of anilines is 1. The number of likely N-dealkylation sites (N-methyl/N-ethyl adjacent to an activating group) is 1. The van der Waals surface area contributed by atoms with Crippen LogP contribution in [0.3, 0.4) is 0 Å². The third-order valence-electron chi connectivity index (χ3n) is 3.58. The molecule has 2 rings (SSSR count). The van der Waals surface area contributed by atoms with Gasteiger partial charge in [0.2, 0.25) is 0 Å². The molecule has 1 saturated heterocycles. The van der Waals surface area contributed by atoms with Crippen LogP contribution in [0.2, 0.25) is 0 Å². The van der Waals surface area contributed by atoms with Crippen LogP contribution in [0.25, 0.3) is 0 Å². The Bertz CT molecular complexity index is 370. The molecule has 94 valence electrons. The predicted octanol–water partition coefficient (Wildman–Crippen LogP) is 2.53. The molecule has 1 aromatic rings. The molecule has 1 fully saturated rings. The van der Waals surface area contributed by atoms with Crippen molar-refractivity contribution in [2.24, 2.45) is 0 Å². The number of nitrogens with zero attached hydrogens (tertiary/aromatic N) is 2. The van der Waals surface area contributed by atoms with Gasteiger partial charge in [0.25, 0.3) is 0 Å². The maximum Gasteiger partial charge on any atom is 0.146 e. The van der Waals surface area contributed by atoms with Crippen molar-refractivity contribution in [1.82, 2.24) is 4.90 Å². The first kappa shape index (κ1) is 12.4. The summed E-state index contributed by atoms with van der Waals surface area (Å²) in [4.78, 5) is 4.55. The van der Waals surface area contributed by atoms with Crippen LogP contribution in [0, 0.1) is 5.82 Å². The fourth-order valence-corrected chi connectivity index (χ4v) is 2.33. The first-order valence-corrected chi connectivity index (χ1v) is 6.50. The van der Waals surface area contributed by atoms with E-state index in [9.17, 15) is 4.39 Å². The van der Waals surface area contributed by atoms with E-state index in [2.05, 4.69) is 23.6 Å². The highest BCUT2D eigenvalue weighted by Crippen LogP contribution is 2.22. The Morgan fingerprint density at radius 1 is 1.12 bits per heavy atom. The number of hydrogen-bond acceptors (Lipinski definition) is 2. The predicted molar refractivity (Wildman–Crippen MR) is 70.1 cm³/mol. The van der Waals surface area contributed by atoms with Crippen LogP contribution in [-0.4, -0.2) is 37.6 Å². The third kappa shape index (κ3) is 2.78. The minimum absolute atomic E-state index is 0.0747. The summed E-state index contributed by atoms with van der Waals surface area (Å²) >= 11 is 0. The molecule has 0 unspecified atom stereocenters. The van der Waals surface area contributed by atoms with Gasteiger partial charge in [-0.2, -0.15) is 0 Å². The molecule has 0 spiro atoms. The van der Waals surface area contributed by atoms with Gasteiger partial charge >= 0.3 is 0 Å². The van der Waals surface area contributed by atoms with Crippen LogP contribution in [0.5, 0.6) is 0 Å². The maximum absolute atomic E-state index is 13.9. The normalized spacial score (nSPS) is 17.5. The third-order valence-corrected chi connectivity index (χ3v) is 3.58. The first-order valence-electron chi connectivity index (χ1n) is 6.50. The molecule has 1 heterocycles. The molecule has 1 aliphatic heterocycles. The van der Waals surface area contributed by atoms with E-state index in [1.165, 1.54) is 0 Å². The summed E-state index contributed by atoms with van der Waals surface area (Å²) in [6, 6.07) is 5.63. The zero-order valence-corrected chi connectivity index (χ0v) is 10.7. The largest absolute Gasteiger partial charge is 0.367 e. The summed E-state index contributed by atoms with van der Waals surface area (Å²) in [5.74, 6) is -0.0747. The quantitative estimate of drug-likeness (QED) is 0.795. The molecule has 0 amide bonds. The maximum atomic E-state index is 13.9. The zero-order valence-electron chi connectivity index (χ0n) is 10.7. The molecule has 2 nitrogen and oxygen atoms in total. The Balaban J connectivity index is 2.08. The fraction of sp³-hybridized carbons (Fsp3) is 0.571. The van der Waals surface area contributed by atoms with Crippen molar-refractivity contribution in [2.45, 2.75) is 20.3 Å². The van der Waals surface area contributed by atoms with Crippen LogP contribution in [0.1, 0.15) is 19.4 Å². The second-order valence-corrected chi connectivity index (χ2v) is 4.56. The van der Waals surface area contributed by atoms with Crippen molar-refractivity contribution in [1.29, 1.82) is 0 Å². The van der Waals surface area contributed by atoms with Gasteiger partial charge in [0.1, 0.15) is 5.82 Å². The number of benzene rings is 1. The number of aryl methyl sites for hydroxylation is 1. The number of hydrogen-bond donors (Lipinski definition) is 0. The van der Waals surface area contributed by atoms with Gasteiger partial charge in [0.15, 0.2) is 0 Å². The van der Waals surface area contributed by atoms with Gasteiger partial charge in [-0.3, -0.25) is 0 Å². The van der Waals surface area contributed by atoms with E-state index in [0.29, 0.717) is 0 Å². The lowest BCUT2D eigenvalue weighted by Crippen LogP contribution is -2.46. The molecule has 3 heteroatoms. The van der Waals surface area contributed by atoms with Crippen LogP contribution >= 0.6 is 0 Å². The van der Waals surface area contributed by atoms with Crippen molar-refractivity contribution < 1.29 is 4.39 Å². The topological polar surface area (TPSA) is 6.48 Å². The smallest absolute Gasteiger partial charge is 0.146 e. The van der Waals surface area contributed by atoms with Gasteiger partial charge < -0.3 is 9.80 Å². The summed E-state index contributed by atoms with van der Waals surface area (Å²) in [6.45, 7) is 9.23. The summed E-state index contributed by atoms with van der Waals surface area (Å²) in [5.41, 5.74) is 1.83. The van der Waals surface area contributed by atoms with Gasteiger partial charge in [-0.15, -0.1) is 0 Å². The Labute approximate surface area is 103 Å². The second-order valence-electron chi connectivity index (χ2n) is 4.56. The Hall–Kier alpha value is -1.09. The van der Waals surface area contributed by atoms with Gasteiger partial charge in [0, 0.05) is 26.2 Å². The molecule has 0 saturated carbocycles. The van der Waals surface area contributed by atoms with E-state index < -0.39 is 0 Å². The monoisotopic (exact) mass is 236 g/mol. The van der Waals surface area contributed by atoms with E-state index in [-0.39, 0.29) is 5.82 Å². The molecule has 17 heavy (non-hydrogen) atoms. The molecular formula is C14H21FN2. The molecule has 1 aromatic carbocycles. The number of piperazine rings is 1. The standard InChI is InChI=1S/C14H21FN2/c1-3-12-5-6-14(13(15)11-12)17-9-7-16(4-2)8-10-17/h5-6,11H,3-4,7-10H2,1-2H3. The molecule has 0 bridgehead atoms. The number of rotatable bonds is 3. The minimum atomic E-state index is -0.0747. The molecule has 1 aliphatic rings. The highest BCUT2D eigenvalue weighted by atomic mass is 19.1. The van der Waals surface area contributed by atoms with Crippen molar-refractivity contribution in [3.63, 3.8) is 0 Å². The average Bonchev–Trinajstić information content (AvgIpc) is 2.39. The van der Waals surface area contributed by atoms with Crippen molar-refractivity contribution in [3.05, 3.63) is 29.6 Å². The zero-order chi connectivity index (χ0) is 12.3. The molecule has 0 N–H and O–H groups in total. The molecule has 0 aromatic heterocycles. The highest BCUT2D eigenvalue weighted by Gasteiger charge is 2.18. The lowest BCUT2D eigenvalue weighted by molar-refractivity contribution is 0.270. The summed E-state index contributed by atoms with van der Waals surface area (Å²) < 4.78 is 13.9. The second kappa shape index (κ2) is 5.50. The first-order chi connectivity index (χ1) is 8.24. The lowest BCUT2D eigenvalue weighted by Gasteiger charge is -2.35. The fourth-order valence-electron chi connectivity index (χ4n) is 2.33. The molecular weight excluding hydrogens is 215 g/mol. The minimum Gasteiger partial charge on any atom is -0.367 e. The van der Waals surface area contributed by atoms with Crippen LogP contribution in [-0.2, 0) is 6.42 Å². The number of halogens is 1. The van der Waals surface area contributed by atoms with Crippen molar-refractivity contribution >= 4 is 5.69 Å². The van der Waals surface area contributed by atoms with Crippen molar-refractivity contribution in [2.75, 3.05) is 37.6 Å². The van der Waals surface area contributed by atoms with Gasteiger partial charge in [-0.25, -0.2) is 4.39 Å². The van der Waals surface area contributed by atoms with Crippen LogP contribution < -0.4 is 4.90 Å². The SMILES string of the molecule is CCc1ccc(N2CCN(CC)CC2)c(F)c1. The molecule has 0 atom stereocenters. The summed E-state index contributed by atoms with van der Waals surface area (Å²) in [7, 11) is 0.